The van der Waals surface area contributed by atoms with E-state index >= 15 is 0 Å². The number of hydrogen-bond donors (Lipinski definition) is 3. The van der Waals surface area contributed by atoms with Gasteiger partial charge in [0.1, 0.15) is 5.75 Å². The molecule has 1 fully saturated rings. The molecule has 1 saturated heterocycles. The van der Waals surface area contributed by atoms with Crippen LogP contribution in [0.15, 0.2) is 103 Å². The second-order valence-electron chi connectivity index (χ2n) is 11.8. The Kier molecular flexibility index (Phi) is 11.0. The van der Waals surface area contributed by atoms with Crippen molar-refractivity contribution >= 4 is 11.8 Å². The molecule has 5 rings (SSSR count). The van der Waals surface area contributed by atoms with Gasteiger partial charge in [-0.25, -0.2) is 0 Å². The molecule has 1 aliphatic heterocycles. The Labute approximate surface area is 272 Å². The van der Waals surface area contributed by atoms with Crippen molar-refractivity contribution in [2.24, 2.45) is 0 Å². The third-order valence-corrected chi connectivity index (χ3v) is 8.18. The SMILES string of the molecule is Cc1cc(C(=O)N[C@H](Cc2ccccc2)[C@H](O)CNCc2cccc(OC(F)(F)F)c2)cc(C(=O)N2CCCC2c2ccccc2)c1. The summed E-state index contributed by atoms with van der Waals surface area (Å²) in [5.74, 6) is -0.896. The van der Waals surface area contributed by atoms with Crippen molar-refractivity contribution in [3.05, 3.63) is 137 Å². The number of ether oxygens (including phenoxy) is 1. The molecule has 246 valence electrons. The summed E-state index contributed by atoms with van der Waals surface area (Å²) >= 11 is 0. The Morgan fingerprint density at radius 2 is 1.60 bits per heavy atom. The van der Waals surface area contributed by atoms with E-state index in [1.807, 2.05) is 72.5 Å². The maximum absolute atomic E-state index is 13.7. The van der Waals surface area contributed by atoms with Crippen molar-refractivity contribution < 1.29 is 32.6 Å². The van der Waals surface area contributed by atoms with Crippen molar-refractivity contribution in [2.75, 3.05) is 13.1 Å². The summed E-state index contributed by atoms with van der Waals surface area (Å²) in [6.07, 6.45) is -3.75. The lowest BCUT2D eigenvalue weighted by atomic mass is 9.99. The number of carbonyl (C=O) groups excluding carboxylic acids is 2. The maximum Gasteiger partial charge on any atom is 0.573 e. The highest BCUT2D eigenvalue weighted by Crippen LogP contribution is 2.33. The first kappa shape index (κ1) is 33.7. The summed E-state index contributed by atoms with van der Waals surface area (Å²) in [7, 11) is 0. The van der Waals surface area contributed by atoms with Crippen LogP contribution >= 0.6 is 0 Å². The summed E-state index contributed by atoms with van der Waals surface area (Å²) in [4.78, 5) is 29.3. The van der Waals surface area contributed by atoms with Crippen LogP contribution < -0.4 is 15.4 Å². The lowest BCUT2D eigenvalue weighted by Crippen LogP contribution is -2.48. The van der Waals surface area contributed by atoms with E-state index in [9.17, 15) is 27.9 Å². The molecule has 3 atom stereocenters. The summed E-state index contributed by atoms with van der Waals surface area (Å²) in [6.45, 7) is 2.69. The molecule has 2 amide bonds. The normalized spacial score (nSPS) is 16.0. The van der Waals surface area contributed by atoms with Crippen molar-refractivity contribution in [2.45, 2.75) is 57.3 Å². The quantitative estimate of drug-likeness (QED) is 0.167. The average molecular weight is 646 g/mol. The smallest absolute Gasteiger partial charge is 0.406 e. The van der Waals surface area contributed by atoms with Gasteiger partial charge in [-0.3, -0.25) is 9.59 Å². The monoisotopic (exact) mass is 645 g/mol. The first-order chi connectivity index (χ1) is 22.6. The number of hydrogen-bond acceptors (Lipinski definition) is 5. The second kappa shape index (κ2) is 15.3. The molecule has 4 aromatic carbocycles. The van der Waals surface area contributed by atoms with Crippen LogP contribution in [0.5, 0.6) is 5.75 Å². The zero-order valence-electron chi connectivity index (χ0n) is 26.0. The molecule has 0 aliphatic carbocycles. The van der Waals surface area contributed by atoms with Gasteiger partial charge in [0.25, 0.3) is 11.8 Å². The molecule has 7 nitrogen and oxygen atoms in total. The predicted molar refractivity (Wildman–Crippen MR) is 173 cm³/mol. The number of nitrogens with one attached hydrogen (secondary N) is 2. The van der Waals surface area contributed by atoms with Crippen LogP contribution in [0, 0.1) is 6.92 Å². The number of alkyl halides is 3. The number of amides is 2. The Bertz CT molecular complexity index is 1650. The molecule has 0 aromatic heterocycles. The number of aliphatic hydroxyl groups is 1. The van der Waals surface area contributed by atoms with Crippen molar-refractivity contribution in [1.82, 2.24) is 15.5 Å². The predicted octanol–water partition coefficient (Wildman–Crippen LogP) is 6.36. The van der Waals surface area contributed by atoms with Crippen LogP contribution in [0.25, 0.3) is 0 Å². The van der Waals surface area contributed by atoms with Gasteiger partial charge in [-0.15, -0.1) is 13.2 Å². The van der Waals surface area contributed by atoms with Crippen molar-refractivity contribution in [1.29, 1.82) is 0 Å². The number of nitrogens with zero attached hydrogens (tertiary/aromatic N) is 1. The summed E-state index contributed by atoms with van der Waals surface area (Å²) < 4.78 is 41.9. The number of rotatable bonds is 12. The van der Waals surface area contributed by atoms with Gasteiger partial charge in [-0.1, -0.05) is 72.8 Å². The minimum atomic E-state index is -4.80. The van der Waals surface area contributed by atoms with E-state index in [0.717, 1.165) is 29.5 Å². The topological polar surface area (TPSA) is 90.9 Å². The van der Waals surface area contributed by atoms with Crippen LogP contribution in [0.3, 0.4) is 0 Å². The van der Waals surface area contributed by atoms with E-state index in [4.69, 9.17) is 0 Å². The van der Waals surface area contributed by atoms with E-state index < -0.39 is 24.4 Å². The number of aryl methyl sites for hydroxylation is 1. The van der Waals surface area contributed by atoms with E-state index in [1.54, 1.807) is 24.3 Å². The molecule has 10 heteroatoms. The average Bonchev–Trinajstić information content (AvgIpc) is 3.54. The summed E-state index contributed by atoms with van der Waals surface area (Å²) in [6, 6.07) is 29.3. The highest BCUT2D eigenvalue weighted by molar-refractivity contribution is 6.00. The zero-order chi connectivity index (χ0) is 33.4. The zero-order valence-corrected chi connectivity index (χ0v) is 26.0. The van der Waals surface area contributed by atoms with Gasteiger partial charge in [0.05, 0.1) is 18.2 Å². The van der Waals surface area contributed by atoms with Crippen molar-refractivity contribution in [3.63, 3.8) is 0 Å². The van der Waals surface area contributed by atoms with Gasteiger partial charge in [0.2, 0.25) is 0 Å². The molecule has 4 aromatic rings. The highest BCUT2D eigenvalue weighted by atomic mass is 19.4. The van der Waals surface area contributed by atoms with Crippen LogP contribution in [-0.4, -0.2) is 53.4 Å². The van der Waals surface area contributed by atoms with Crippen LogP contribution in [0.2, 0.25) is 0 Å². The Hall–Kier alpha value is -4.67. The van der Waals surface area contributed by atoms with E-state index in [-0.39, 0.29) is 30.8 Å². The largest absolute Gasteiger partial charge is 0.573 e. The number of benzene rings is 4. The lowest BCUT2D eigenvalue weighted by molar-refractivity contribution is -0.274. The number of carbonyl (C=O) groups is 2. The fourth-order valence-electron chi connectivity index (χ4n) is 6.00. The molecule has 1 heterocycles. The molecule has 47 heavy (non-hydrogen) atoms. The Morgan fingerprint density at radius 1 is 0.915 bits per heavy atom. The number of aliphatic hydroxyl groups excluding tert-OH is 1. The van der Waals surface area contributed by atoms with Gasteiger partial charge in [0.15, 0.2) is 0 Å². The molecule has 1 aliphatic rings. The minimum absolute atomic E-state index is 0.0287. The fourth-order valence-corrected chi connectivity index (χ4v) is 6.00. The minimum Gasteiger partial charge on any atom is -0.406 e. The maximum atomic E-state index is 13.7. The third kappa shape index (κ3) is 9.43. The van der Waals surface area contributed by atoms with Gasteiger partial charge >= 0.3 is 6.36 Å². The molecule has 1 unspecified atom stereocenters. The standard InChI is InChI=1S/C37H38F3N3O4/c1-25-18-29(22-30(19-25)36(46)43-17-9-16-33(43)28-13-6-3-7-14-28)35(45)42-32(21-26-10-4-2-5-11-26)34(44)24-41-23-27-12-8-15-31(20-27)47-37(38,39)40/h2-8,10-15,18-20,22,32-34,41,44H,9,16-17,21,23-24H2,1H3,(H,42,45)/t32-,33?,34-/m1/s1. The van der Waals surface area contributed by atoms with Crippen LogP contribution in [-0.2, 0) is 13.0 Å². The number of halogens is 3. The first-order valence-electron chi connectivity index (χ1n) is 15.6. The van der Waals surface area contributed by atoms with E-state index in [2.05, 4.69) is 15.4 Å². The van der Waals surface area contributed by atoms with Gasteiger partial charge in [-0.2, -0.15) is 0 Å². The van der Waals surface area contributed by atoms with E-state index in [1.165, 1.54) is 18.2 Å². The summed E-state index contributed by atoms with van der Waals surface area (Å²) in [5, 5.41) is 17.2. The van der Waals surface area contributed by atoms with Gasteiger partial charge < -0.3 is 25.4 Å². The van der Waals surface area contributed by atoms with Crippen molar-refractivity contribution in [3.8, 4) is 5.75 Å². The first-order valence-corrected chi connectivity index (χ1v) is 15.6. The summed E-state index contributed by atoms with van der Waals surface area (Å²) in [5.41, 5.74) is 4.01. The third-order valence-electron chi connectivity index (χ3n) is 8.18. The molecule has 3 N–H and O–H groups in total. The Morgan fingerprint density at radius 3 is 2.32 bits per heavy atom. The van der Waals surface area contributed by atoms with Gasteiger partial charge in [0, 0.05) is 30.8 Å². The highest BCUT2D eigenvalue weighted by Gasteiger charge is 2.32. The molecule has 0 radical (unpaired) electrons. The lowest BCUT2D eigenvalue weighted by Gasteiger charge is -2.26. The van der Waals surface area contributed by atoms with Gasteiger partial charge in [-0.05, 0) is 78.8 Å². The van der Waals surface area contributed by atoms with Crippen LogP contribution in [0.1, 0.15) is 61.9 Å². The fraction of sp³-hybridized carbons (Fsp3) is 0.297. The van der Waals surface area contributed by atoms with E-state index in [0.29, 0.717) is 29.7 Å². The van der Waals surface area contributed by atoms with Crippen LogP contribution in [0.4, 0.5) is 13.2 Å². The molecule has 0 spiro atoms. The molecule has 0 bridgehead atoms. The number of likely N-dealkylation sites (tertiary alicyclic amines) is 1. The second-order valence-corrected chi connectivity index (χ2v) is 11.8. The Balaban J connectivity index is 1.28. The molecular formula is C37H38F3N3O4. The molecule has 0 saturated carbocycles. The molecular weight excluding hydrogens is 607 g/mol.